The summed E-state index contributed by atoms with van der Waals surface area (Å²) in [5.74, 6) is 0.614. The van der Waals surface area contributed by atoms with Gasteiger partial charge in [0, 0.05) is 26.7 Å². The zero-order valence-electron chi connectivity index (χ0n) is 11.6. The standard InChI is InChI=1S/C11H25N3O2S.ClH/c1-4-7-13(3)17(15,16)14-8-5-11(6-9-14)10-12-2;/h11-12H,4-10H2,1-3H3;1H. The Morgan fingerprint density at radius 2 is 1.89 bits per heavy atom. The summed E-state index contributed by atoms with van der Waals surface area (Å²) in [6.07, 6.45) is 2.77. The summed E-state index contributed by atoms with van der Waals surface area (Å²) >= 11 is 0. The minimum atomic E-state index is -3.22. The van der Waals surface area contributed by atoms with Crippen molar-refractivity contribution in [2.24, 2.45) is 5.92 Å². The molecule has 0 aromatic carbocycles. The van der Waals surface area contributed by atoms with Crippen LogP contribution in [0.15, 0.2) is 0 Å². The Kier molecular flexibility index (Phi) is 8.38. The van der Waals surface area contributed by atoms with Gasteiger partial charge in [0.15, 0.2) is 0 Å². The lowest BCUT2D eigenvalue weighted by atomic mass is 9.98. The van der Waals surface area contributed by atoms with E-state index < -0.39 is 10.2 Å². The fourth-order valence-electron chi connectivity index (χ4n) is 2.26. The van der Waals surface area contributed by atoms with Gasteiger partial charge < -0.3 is 5.32 Å². The van der Waals surface area contributed by atoms with Crippen LogP contribution in [0.1, 0.15) is 26.2 Å². The van der Waals surface area contributed by atoms with Crippen molar-refractivity contribution >= 4 is 22.6 Å². The van der Waals surface area contributed by atoms with E-state index in [9.17, 15) is 8.42 Å². The third-order valence-electron chi connectivity index (χ3n) is 3.32. The van der Waals surface area contributed by atoms with E-state index >= 15 is 0 Å². The van der Waals surface area contributed by atoms with Crippen molar-refractivity contribution in [3.63, 3.8) is 0 Å². The van der Waals surface area contributed by atoms with Crippen LogP contribution in [0.4, 0.5) is 0 Å². The van der Waals surface area contributed by atoms with Gasteiger partial charge in [0.2, 0.25) is 0 Å². The molecule has 5 nitrogen and oxygen atoms in total. The summed E-state index contributed by atoms with van der Waals surface area (Å²) in [5, 5.41) is 3.16. The van der Waals surface area contributed by atoms with Gasteiger partial charge in [-0.15, -0.1) is 12.4 Å². The lowest BCUT2D eigenvalue weighted by Gasteiger charge is -2.33. The van der Waals surface area contributed by atoms with E-state index in [1.807, 2.05) is 14.0 Å². The number of nitrogens with zero attached hydrogens (tertiary/aromatic N) is 2. The van der Waals surface area contributed by atoms with Crippen molar-refractivity contribution in [1.82, 2.24) is 13.9 Å². The van der Waals surface area contributed by atoms with Crippen LogP contribution in [-0.4, -0.2) is 57.3 Å². The summed E-state index contributed by atoms with van der Waals surface area (Å²) in [7, 11) is 0.392. The van der Waals surface area contributed by atoms with Gasteiger partial charge in [-0.3, -0.25) is 0 Å². The highest BCUT2D eigenvalue weighted by Gasteiger charge is 2.30. The Labute approximate surface area is 118 Å². The zero-order chi connectivity index (χ0) is 12.9. The zero-order valence-corrected chi connectivity index (χ0v) is 13.2. The molecule has 0 unspecified atom stereocenters. The molecular formula is C11H26ClN3O2S. The number of nitrogens with one attached hydrogen (secondary N) is 1. The predicted molar refractivity (Wildman–Crippen MR) is 77.3 cm³/mol. The number of piperidine rings is 1. The maximum absolute atomic E-state index is 12.2. The molecule has 1 fully saturated rings. The van der Waals surface area contributed by atoms with Crippen LogP contribution in [-0.2, 0) is 10.2 Å². The molecule has 0 atom stereocenters. The van der Waals surface area contributed by atoms with E-state index in [-0.39, 0.29) is 12.4 Å². The van der Waals surface area contributed by atoms with Crippen molar-refractivity contribution < 1.29 is 8.42 Å². The molecule has 0 aromatic rings. The van der Waals surface area contributed by atoms with E-state index in [0.29, 0.717) is 25.6 Å². The Hall–Kier alpha value is 0.120. The van der Waals surface area contributed by atoms with Crippen LogP contribution in [0.3, 0.4) is 0 Å². The van der Waals surface area contributed by atoms with Gasteiger partial charge in [-0.25, -0.2) is 0 Å². The molecule has 7 heteroatoms. The van der Waals surface area contributed by atoms with Gasteiger partial charge in [0.1, 0.15) is 0 Å². The second-order valence-electron chi connectivity index (χ2n) is 4.73. The molecular weight excluding hydrogens is 274 g/mol. The molecule has 0 aliphatic carbocycles. The predicted octanol–water partition coefficient (Wildman–Crippen LogP) is 0.926. The molecule has 0 bridgehead atoms. The number of halogens is 1. The second kappa shape index (κ2) is 8.32. The highest BCUT2D eigenvalue weighted by atomic mass is 35.5. The Morgan fingerprint density at radius 3 is 2.33 bits per heavy atom. The van der Waals surface area contributed by atoms with Crippen molar-refractivity contribution in [1.29, 1.82) is 0 Å². The molecule has 0 spiro atoms. The van der Waals surface area contributed by atoms with Gasteiger partial charge in [-0.05, 0) is 38.8 Å². The first-order chi connectivity index (χ1) is 8.02. The van der Waals surface area contributed by atoms with Crippen molar-refractivity contribution in [3.05, 3.63) is 0 Å². The van der Waals surface area contributed by atoms with Crippen molar-refractivity contribution in [2.45, 2.75) is 26.2 Å². The minimum Gasteiger partial charge on any atom is -0.319 e. The largest absolute Gasteiger partial charge is 0.319 e. The first-order valence-electron chi connectivity index (χ1n) is 6.38. The van der Waals surface area contributed by atoms with Crippen LogP contribution in [0, 0.1) is 5.92 Å². The average molecular weight is 300 g/mol. The molecule has 1 aliphatic heterocycles. The lowest BCUT2D eigenvalue weighted by Crippen LogP contribution is -2.46. The molecule has 1 N–H and O–H groups in total. The monoisotopic (exact) mass is 299 g/mol. The molecule has 1 heterocycles. The SMILES string of the molecule is CCCN(C)S(=O)(=O)N1CCC(CNC)CC1.Cl. The maximum Gasteiger partial charge on any atom is 0.281 e. The molecule has 1 rings (SSSR count). The van der Waals surface area contributed by atoms with Crippen LogP contribution in [0.5, 0.6) is 0 Å². The number of rotatable bonds is 6. The summed E-state index contributed by atoms with van der Waals surface area (Å²) in [6.45, 7) is 4.88. The highest BCUT2D eigenvalue weighted by Crippen LogP contribution is 2.20. The Bertz CT molecular complexity index is 316. The van der Waals surface area contributed by atoms with Crippen LogP contribution in [0.2, 0.25) is 0 Å². The quantitative estimate of drug-likeness (QED) is 0.794. The van der Waals surface area contributed by atoms with E-state index in [1.54, 1.807) is 11.4 Å². The fraction of sp³-hybridized carbons (Fsp3) is 1.00. The van der Waals surface area contributed by atoms with Crippen LogP contribution in [0.25, 0.3) is 0 Å². The molecule has 0 aromatic heterocycles. The Morgan fingerprint density at radius 1 is 1.33 bits per heavy atom. The summed E-state index contributed by atoms with van der Waals surface area (Å²) < 4.78 is 27.4. The molecule has 18 heavy (non-hydrogen) atoms. The lowest BCUT2D eigenvalue weighted by molar-refractivity contribution is 0.256. The number of hydrogen-bond donors (Lipinski definition) is 1. The van der Waals surface area contributed by atoms with E-state index in [0.717, 1.165) is 25.8 Å². The smallest absolute Gasteiger partial charge is 0.281 e. The Balaban J connectivity index is 0.00000289. The molecule has 1 aliphatic rings. The van der Waals surface area contributed by atoms with Gasteiger partial charge in [-0.1, -0.05) is 6.92 Å². The summed E-state index contributed by atoms with van der Waals surface area (Å²) in [5.41, 5.74) is 0. The van der Waals surface area contributed by atoms with Crippen LogP contribution < -0.4 is 5.32 Å². The van der Waals surface area contributed by atoms with E-state index in [4.69, 9.17) is 0 Å². The first-order valence-corrected chi connectivity index (χ1v) is 7.78. The summed E-state index contributed by atoms with van der Waals surface area (Å²) in [6, 6.07) is 0. The molecule has 110 valence electrons. The number of hydrogen-bond acceptors (Lipinski definition) is 3. The normalized spacial score (nSPS) is 18.9. The minimum absolute atomic E-state index is 0. The molecule has 0 saturated carbocycles. The molecule has 0 radical (unpaired) electrons. The molecule has 0 amide bonds. The third-order valence-corrected chi connectivity index (χ3v) is 5.31. The van der Waals surface area contributed by atoms with Gasteiger partial charge >= 0.3 is 0 Å². The fourth-order valence-corrected chi connectivity index (χ4v) is 3.74. The highest BCUT2D eigenvalue weighted by molar-refractivity contribution is 7.86. The second-order valence-corrected chi connectivity index (χ2v) is 6.76. The summed E-state index contributed by atoms with van der Waals surface area (Å²) in [4.78, 5) is 0. The van der Waals surface area contributed by atoms with Gasteiger partial charge in [-0.2, -0.15) is 17.0 Å². The first kappa shape index (κ1) is 18.1. The van der Waals surface area contributed by atoms with E-state index in [1.165, 1.54) is 4.31 Å². The van der Waals surface area contributed by atoms with Crippen LogP contribution >= 0.6 is 12.4 Å². The van der Waals surface area contributed by atoms with Gasteiger partial charge in [0.05, 0.1) is 0 Å². The van der Waals surface area contributed by atoms with Crippen molar-refractivity contribution in [3.8, 4) is 0 Å². The van der Waals surface area contributed by atoms with E-state index in [2.05, 4.69) is 5.32 Å². The maximum atomic E-state index is 12.2. The van der Waals surface area contributed by atoms with Gasteiger partial charge in [0.25, 0.3) is 10.2 Å². The average Bonchev–Trinajstić information content (AvgIpc) is 2.30. The third kappa shape index (κ3) is 4.66. The molecule has 1 saturated heterocycles. The topological polar surface area (TPSA) is 52.7 Å². The van der Waals surface area contributed by atoms with Crippen molar-refractivity contribution in [2.75, 3.05) is 40.3 Å².